The fourth-order valence-electron chi connectivity index (χ4n) is 3.18. The minimum atomic E-state index is 0.434. The van der Waals surface area contributed by atoms with Gasteiger partial charge in [0, 0.05) is 25.7 Å². The topological polar surface area (TPSA) is 38.5 Å². The zero-order valence-electron chi connectivity index (χ0n) is 13.6. The maximum atomic E-state index is 5.90. The van der Waals surface area contributed by atoms with Crippen molar-refractivity contribution < 1.29 is 4.74 Å². The van der Waals surface area contributed by atoms with Crippen LogP contribution in [0, 0.1) is 6.92 Å². The largest absolute Gasteiger partial charge is 0.378 e. The predicted octanol–water partition coefficient (Wildman–Crippen LogP) is 3.28. The zero-order chi connectivity index (χ0) is 15.1. The highest BCUT2D eigenvalue weighted by Gasteiger charge is 2.25. The van der Waals surface area contributed by atoms with Gasteiger partial charge in [0.25, 0.3) is 0 Å². The lowest BCUT2D eigenvalue weighted by atomic mass is 9.98. The van der Waals surface area contributed by atoms with Crippen molar-refractivity contribution in [2.45, 2.75) is 51.7 Å². The molecule has 1 saturated heterocycles. The Hall–Kier alpha value is -0.900. The van der Waals surface area contributed by atoms with E-state index in [1.165, 1.54) is 17.5 Å². The fraction of sp³-hybridized carbons (Fsp3) is 0.667. The van der Waals surface area contributed by atoms with Crippen LogP contribution in [0.2, 0.25) is 0 Å². The van der Waals surface area contributed by atoms with E-state index in [4.69, 9.17) is 10.5 Å². The molecule has 21 heavy (non-hydrogen) atoms. The predicted molar refractivity (Wildman–Crippen MR) is 88.4 cm³/mol. The van der Waals surface area contributed by atoms with Crippen molar-refractivity contribution in [1.29, 1.82) is 0 Å². The van der Waals surface area contributed by atoms with E-state index < -0.39 is 0 Å². The Labute approximate surface area is 129 Å². The molecular formula is C18H30N2O. The standard InChI is InChI=1S/C18H30N2O/c1-3-18(16-7-5-15(2)6-8-16)20-12-9-17(10-13-20)21-14-4-11-19/h5-8,17-18H,3-4,9-14,19H2,1-2H3. The smallest absolute Gasteiger partial charge is 0.0599 e. The summed E-state index contributed by atoms with van der Waals surface area (Å²) in [6, 6.07) is 9.57. The summed E-state index contributed by atoms with van der Waals surface area (Å²) in [5.41, 5.74) is 8.29. The van der Waals surface area contributed by atoms with Gasteiger partial charge < -0.3 is 10.5 Å². The molecule has 1 aromatic carbocycles. The first-order chi connectivity index (χ1) is 10.2. The average molecular weight is 290 g/mol. The molecule has 3 heteroatoms. The summed E-state index contributed by atoms with van der Waals surface area (Å²) in [7, 11) is 0. The van der Waals surface area contributed by atoms with Crippen LogP contribution in [-0.4, -0.2) is 37.2 Å². The molecule has 2 N–H and O–H groups in total. The van der Waals surface area contributed by atoms with E-state index in [1.54, 1.807) is 0 Å². The molecule has 0 amide bonds. The second-order valence-corrected chi connectivity index (χ2v) is 6.08. The first kappa shape index (κ1) is 16.5. The maximum Gasteiger partial charge on any atom is 0.0599 e. The summed E-state index contributed by atoms with van der Waals surface area (Å²) in [4.78, 5) is 2.62. The highest BCUT2D eigenvalue weighted by atomic mass is 16.5. The van der Waals surface area contributed by atoms with Crippen molar-refractivity contribution in [3.8, 4) is 0 Å². The van der Waals surface area contributed by atoms with E-state index in [9.17, 15) is 0 Å². The number of ether oxygens (including phenoxy) is 1. The van der Waals surface area contributed by atoms with E-state index >= 15 is 0 Å². The van der Waals surface area contributed by atoms with Crippen LogP contribution in [0.3, 0.4) is 0 Å². The first-order valence-electron chi connectivity index (χ1n) is 8.37. The molecule has 0 radical (unpaired) electrons. The molecule has 0 spiro atoms. The van der Waals surface area contributed by atoms with Gasteiger partial charge in [0.15, 0.2) is 0 Å². The minimum absolute atomic E-state index is 0.434. The van der Waals surface area contributed by atoms with Gasteiger partial charge in [0.1, 0.15) is 0 Å². The second-order valence-electron chi connectivity index (χ2n) is 6.08. The van der Waals surface area contributed by atoms with Crippen molar-refractivity contribution in [2.75, 3.05) is 26.2 Å². The van der Waals surface area contributed by atoms with Gasteiger partial charge in [-0.25, -0.2) is 0 Å². The summed E-state index contributed by atoms with van der Waals surface area (Å²) in [6.07, 6.45) is 4.87. The lowest BCUT2D eigenvalue weighted by molar-refractivity contribution is -0.00295. The molecule has 1 atom stereocenters. The number of hydrogen-bond donors (Lipinski definition) is 1. The SMILES string of the molecule is CCC(c1ccc(C)cc1)N1CCC(OCCCN)CC1. The quantitative estimate of drug-likeness (QED) is 0.783. The maximum absolute atomic E-state index is 5.90. The normalized spacial score (nSPS) is 18.8. The number of piperidine rings is 1. The van der Waals surface area contributed by atoms with Crippen LogP contribution in [0.4, 0.5) is 0 Å². The Bertz CT molecular complexity index is 396. The Balaban J connectivity index is 1.86. The molecule has 0 saturated carbocycles. The molecule has 118 valence electrons. The molecule has 0 aromatic heterocycles. The van der Waals surface area contributed by atoms with Crippen molar-refractivity contribution in [3.05, 3.63) is 35.4 Å². The molecule has 1 fully saturated rings. The fourth-order valence-corrected chi connectivity index (χ4v) is 3.18. The van der Waals surface area contributed by atoms with Crippen LogP contribution < -0.4 is 5.73 Å². The molecule has 3 nitrogen and oxygen atoms in total. The van der Waals surface area contributed by atoms with E-state index in [0.29, 0.717) is 12.1 Å². The third kappa shape index (κ3) is 4.80. The molecule has 0 aliphatic carbocycles. The van der Waals surface area contributed by atoms with Gasteiger partial charge in [-0.15, -0.1) is 0 Å². The average Bonchev–Trinajstić information content (AvgIpc) is 2.52. The molecule has 0 bridgehead atoms. The third-order valence-corrected chi connectivity index (χ3v) is 4.47. The number of rotatable bonds is 7. The summed E-state index contributed by atoms with van der Waals surface area (Å²) in [6.45, 7) is 8.25. The Kier molecular flexibility index (Phi) is 6.68. The Morgan fingerprint density at radius 1 is 1.24 bits per heavy atom. The highest BCUT2D eigenvalue weighted by molar-refractivity contribution is 5.24. The monoisotopic (exact) mass is 290 g/mol. The van der Waals surface area contributed by atoms with Crippen molar-refractivity contribution >= 4 is 0 Å². The number of nitrogens with two attached hydrogens (primary N) is 1. The molecule has 1 unspecified atom stereocenters. The van der Waals surface area contributed by atoms with Crippen molar-refractivity contribution in [2.24, 2.45) is 5.73 Å². The third-order valence-electron chi connectivity index (χ3n) is 4.47. The summed E-state index contributed by atoms with van der Waals surface area (Å²) in [5.74, 6) is 0. The van der Waals surface area contributed by atoms with Gasteiger partial charge in [0.2, 0.25) is 0 Å². The number of aryl methyl sites for hydroxylation is 1. The van der Waals surface area contributed by atoms with Crippen molar-refractivity contribution in [3.63, 3.8) is 0 Å². The van der Waals surface area contributed by atoms with Gasteiger partial charge in [-0.1, -0.05) is 36.8 Å². The van der Waals surface area contributed by atoms with Crippen LogP contribution in [0.5, 0.6) is 0 Å². The van der Waals surface area contributed by atoms with E-state index in [2.05, 4.69) is 43.0 Å². The zero-order valence-corrected chi connectivity index (χ0v) is 13.6. The molecule has 1 aliphatic heterocycles. The molecule has 1 aromatic rings. The van der Waals surface area contributed by atoms with Crippen LogP contribution in [0.15, 0.2) is 24.3 Å². The number of nitrogens with zero attached hydrogens (tertiary/aromatic N) is 1. The van der Waals surface area contributed by atoms with Crippen LogP contribution in [0.25, 0.3) is 0 Å². The molecule has 2 rings (SSSR count). The first-order valence-corrected chi connectivity index (χ1v) is 8.37. The van der Waals surface area contributed by atoms with Crippen molar-refractivity contribution in [1.82, 2.24) is 4.90 Å². The minimum Gasteiger partial charge on any atom is -0.378 e. The van der Waals surface area contributed by atoms with Crippen LogP contribution >= 0.6 is 0 Å². The summed E-state index contributed by atoms with van der Waals surface area (Å²) < 4.78 is 5.90. The van der Waals surface area contributed by atoms with Crippen LogP contribution in [-0.2, 0) is 4.74 Å². The number of benzene rings is 1. The van der Waals surface area contributed by atoms with E-state index in [1.807, 2.05) is 0 Å². The lowest BCUT2D eigenvalue weighted by Gasteiger charge is -2.37. The van der Waals surface area contributed by atoms with Gasteiger partial charge in [-0.2, -0.15) is 0 Å². The molecular weight excluding hydrogens is 260 g/mol. The van der Waals surface area contributed by atoms with E-state index in [0.717, 1.165) is 45.5 Å². The lowest BCUT2D eigenvalue weighted by Crippen LogP contribution is -2.39. The summed E-state index contributed by atoms with van der Waals surface area (Å²) in [5, 5.41) is 0. The second kappa shape index (κ2) is 8.52. The van der Waals surface area contributed by atoms with Gasteiger partial charge in [0.05, 0.1) is 6.10 Å². The highest BCUT2D eigenvalue weighted by Crippen LogP contribution is 2.28. The van der Waals surface area contributed by atoms with Gasteiger partial charge in [-0.3, -0.25) is 4.90 Å². The Morgan fingerprint density at radius 3 is 2.48 bits per heavy atom. The Morgan fingerprint density at radius 2 is 1.90 bits per heavy atom. The van der Waals surface area contributed by atoms with E-state index in [-0.39, 0.29) is 0 Å². The van der Waals surface area contributed by atoms with Gasteiger partial charge >= 0.3 is 0 Å². The molecule has 1 aliphatic rings. The van der Waals surface area contributed by atoms with Gasteiger partial charge in [-0.05, 0) is 44.7 Å². The summed E-state index contributed by atoms with van der Waals surface area (Å²) >= 11 is 0. The number of likely N-dealkylation sites (tertiary alicyclic amines) is 1. The number of hydrogen-bond acceptors (Lipinski definition) is 3. The molecule has 1 heterocycles. The van der Waals surface area contributed by atoms with Crippen LogP contribution in [0.1, 0.15) is 49.8 Å².